The van der Waals surface area contributed by atoms with Gasteiger partial charge in [0.15, 0.2) is 16.6 Å². The number of carbonyl (C=O) groups excluding carboxylic acids is 1. The molecule has 0 bridgehead atoms. The molecule has 0 fully saturated rings. The largest absolute Gasteiger partial charge is 0.318 e. The van der Waals surface area contributed by atoms with E-state index in [0.717, 1.165) is 23.6 Å². The topological polar surface area (TPSA) is 33.2 Å². The van der Waals surface area contributed by atoms with Crippen molar-refractivity contribution in [1.29, 1.82) is 0 Å². The van der Waals surface area contributed by atoms with E-state index in [1.54, 1.807) is 0 Å². The van der Waals surface area contributed by atoms with E-state index in [9.17, 15) is 4.79 Å². The van der Waals surface area contributed by atoms with E-state index in [1.807, 2.05) is 43.0 Å². The number of aromatic nitrogens is 1. The summed E-state index contributed by atoms with van der Waals surface area (Å²) in [7, 11) is 0. The molecule has 0 atom stereocenters. The summed E-state index contributed by atoms with van der Waals surface area (Å²) in [5, 5.41) is 1.02. The van der Waals surface area contributed by atoms with E-state index in [0.29, 0.717) is 4.88 Å². The molecule has 2 rings (SSSR count). The van der Waals surface area contributed by atoms with Crippen molar-refractivity contribution in [2.75, 3.05) is 11.4 Å². The molecule has 2 aromatic rings. The molecule has 0 unspecified atom stereocenters. The van der Waals surface area contributed by atoms with Gasteiger partial charge < -0.3 is 4.90 Å². The van der Waals surface area contributed by atoms with Crippen LogP contribution < -0.4 is 4.90 Å². The molecule has 0 radical (unpaired) electrons. The van der Waals surface area contributed by atoms with Gasteiger partial charge in [0, 0.05) is 12.2 Å². The lowest BCUT2D eigenvalue weighted by Crippen LogP contribution is -2.15. The Kier molecular flexibility index (Phi) is 3.99. The van der Waals surface area contributed by atoms with Gasteiger partial charge in [0.1, 0.15) is 4.88 Å². The third kappa shape index (κ3) is 2.54. The van der Waals surface area contributed by atoms with Crippen LogP contribution in [0.1, 0.15) is 22.2 Å². The van der Waals surface area contributed by atoms with Crippen LogP contribution in [0.3, 0.4) is 0 Å². The van der Waals surface area contributed by atoms with Crippen LogP contribution in [0.25, 0.3) is 0 Å². The second-order valence-corrected chi connectivity index (χ2v) is 5.22. The maximum Gasteiger partial charge on any atom is 0.191 e. The van der Waals surface area contributed by atoms with Crippen LogP contribution in [-0.2, 0) is 0 Å². The van der Waals surface area contributed by atoms with E-state index < -0.39 is 0 Å². The minimum atomic E-state index is 0.274. The van der Waals surface area contributed by atoms with E-state index in [2.05, 4.69) is 4.98 Å². The maximum absolute atomic E-state index is 10.8. The first-order valence-electron chi connectivity index (χ1n) is 5.61. The highest BCUT2D eigenvalue weighted by Crippen LogP contribution is 2.32. The lowest BCUT2D eigenvalue weighted by atomic mass is 10.2. The molecular formula is C13H13ClN2OS. The number of hydrogen-bond donors (Lipinski definition) is 0. The Labute approximate surface area is 115 Å². The normalized spacial score (nSPS) is 10.4. The van der Waals surface area contributed by atoms with E-state index >= 15 is 0 Å². The zero-order chi connectivity index (χ0) is 13.1. The molecule has 1 heterocycles. The van der Waals surface area contributed by atoms with Crippen molar-refractivity contribution in [3.05, 3.63) is 39.9 Å². The summed E-state index contributed by atoms with van der Waals surface area (Å²) in [5.74, 6) is 0. The summed E-state index contributed by atoms with van der Waals surface area (Å²) in [4.78, 5) is 17.5. The molecular weight excluding hydrogens is 268 g/mol. The van der Waals surface area contributed by atoms with Gasteiger partial charge in [-0.1, -0.05) is 40.6 Å². The minimum absolute atomic E-state index is 0.274. The van der Waals surface area contributed by atoms with Crippen molar-refractivity contribution in [1.82, 2.24) is 4.98 Å². The molecule has 0 aliphatic heterocycles. The van der Waals surface area contributed by atoms with Crippen LogP contribution in [0.15, 0.2) is 24.3 Å². The molecule has 0 amide bonds. The molecule has 0 saturated heterocycles. The van der Waals surface area contributed by atoms with Gasteiger partial charge in [-0.2, -0.15) is 0 Å². The smallest absolute Gasteiger partial charge is 0.191 e. The second-order valence-electron chi connectivity index (χ2n) is 3.85. The number of hydrogen-bond acceptors (Lipinski definition) is 4. The quantitative estimate of drug-likeness (QED) is 0.792. The first kappa shape index (κ1) is 13.1. The van der Waals surface area contributed by atoms with Gasteiger partial charge in [-0.3, -0.25) is 4.79 Å². The van der Waals surface area contributed by atoms with Crippen molar-refractivity contribution in [3.63, 3.8) is 0 Å². The molecule has 0 aliphatic rings. The fraction of sp³-hybridized carbons (Fsp3) is 0.231. The van der Waals surface area contributed by atoms with Crippen LogP contribution in [0.4, 0.5) is 10.8 Å². The van der Waals surface area contributed by atoms with E-state index in [-0.39, 0.29) is 5.15 Å². The summed E-state index contributed by atoms with van der Waals surface area (Å²) >= 11 is 7.21. The molecule has 1 aromatic heterocycles. The molecule has 5 heteroatoms. The SMILES string of the molecule is CCN(c1ccc(C)cc1)c1nc(Cl)c(C=O)s1. The molecule has 94 valence electrons. The summed E-state index contributed by atoms with van der Waals surface area (Å²) < 4.78 is 0. The van der Waals surface area contributed by atoms with Crippen molar-refractivity contribution in [3.8, 4) is 0 Å². The van der Waals surface area contributed by atoms with Gasteiger partial charge >= 0.3 is 0 Å². The Morgan fingerprint density at radius 3 is 2.56 bits per heavy atom. The maximum atomic E-state index is 10.8. The Morgan fingerprint density at radius 1 is 1.39 bits per heavy atom. The number of aryl methyl sites for hydroxylation is 1. The van der Waals surface area contributed by atoms with Crippen molar-refractivity contribution in [2.45, 2.75) is 13.8 Å². The average molecular weight is 281 g/mol. The Bertz CT molecular complexity index is 551. The standard InChI is InChI=1S/C13H13ClN2OS/c1-3-16(10-6-4-9(2)5-7-10)13-15-12(14)11(8-17)18-13/h4-8H,3H2,1-2H3. The molecule has 18 heavy (non-hydrogen) atoms. The van der Waals surface area contributed by atoms with Crippen LogP contribution in [0.5, 0.6) is 0 Å². The monoisotopic (exact) mass is 280 g/mol. The second kappa shape index (κ2) is 5.50. The number of thiazole rings is 1. The van der Waals surface area contributed by atoms with Crippen molar-refractivity contribution in [2.24, 2.45) is 0 Å². The first-order valence-corrected chi connectivity index (χ1v) is 6.81. The van der Waals surface area contributed by atoms with Gasteiger partial charge in [-0.15, -0.1) is 0 Å². The van der Waals surface area contributed by atoms with Crippen molar-refractivity contribution >= 4 is 40.0 Å². The predicted octanol–water partition coefficient (Wildman–Crippen LogP) is 4.08. The van der Waals surface area contributed by atoms with Gasteiger partial charge in [0.25, 0.3) is 0 Å². The number of aldehydes is 1. The predicted molar refractivity (Wildman–Crippen MR) is 76.4 cm³/mol. The highest BCUT2D eigenvalue weighted by molar-refractivity contribution is 7.17. The third-order valence-corrected chi connectivity index (χ3v) is 4.00. The lowest BCUT2D eigenvalue weighted by molar-refractivity contribution is 0.112. The Balaban J connectivity index is 2.38. The van der Waals surface area contributed by atoms with Crippen LogP contribution in [0.2, 0.25) is 5.15 Å². The summed E-state index contributed by atoms with van der Waals surface area (Å²) in [6.45, 7) is 4.85. The lowest BCUT2D eigenvalue weighted by Gasteiger charge is -2.19. The first-order chi connectivity index (χ1) is 8.65. The van der Waals surface area contributed by atoms with Crippen molar-refractivity contribution < 1.29 is 4.79 Å². The number of anilines is 2. The van der Waals surface area contributed by atoms with Gasteiger partial charge in [0.05, 0.1) is 0 Å². The fourth-order valence-corrected chi connectivity index (χ4v) is 2.79. The molecule has 0 saturated carbocycles. The molecule has 3 nitrogen and oxygen atoms in total. The summed E-state index contributed by atoms with van der Waals surface area (Å²) in [6.07, 6.45) is 0.743. The highest BCUT2D eigenvalue weighted by atomic mass is 35.5. The highest BCUT2D eigenvalue weighted by Gasteiger charge is 2.15. The zero-order valence-corrected chi connectivity index (χ0v) is 11.8. The Morgan fingerprint density at radius 2 is 2.06 bits per heavy atom. The number of halogens is 1. The van der Waals surface area contributed by atoms with Gasteiger partial charge in [-0.25, -0.2) is 4.98 Å². The minimum Gasteiger partial charge on any atom is -0.318 e. The van der Waals surface area contributed by atoms with E-state index in [1.165, 1.54) is 16.9 Å². The molecule has 0 spiro atoms. The fourth-order valence-electron chi connectivity index (χ4n) is 1.64. The number of benzene rings is 1. The zero-order valence-electron chi connectivity index (χ0n) is 10.2. The number of rotatable bonds is 4. The van der Waals surface area contributed by atoms with E-state index in [4.69, 9.17) is 11.6 Å². The average Bonchev–Trinajstić information content (AvgIpc) is 2.74. The summed E-state index contributed by atoms with van der Waals surface area (Å²) in [5.41, 5.74) is 2.26. The van der Waals surface area contributed by atoms with Crippen LogP contribution in [-0.4, -0.2) is 17.8 Å². The molecule has 0 aliphatic carbocycles. The third-order valence-electron chi connectivity index (χ3n) is 2.60. The van der Waals surface area contributed by atoms with Crippen LogP contribution >= 0.6 is 22.9 Å². The van der Waals surface area contributed by atoms with Gasteiger partial charge in [0.2, 0.25) is 0 Å². The van der Waals surface area contributed by atoms with Gasteiger partial charge in [-0.05, 0) is 26.0 Å². The number of nitrogens with zero attached hydrogens (tertiary/aromatic N) is 2. The number of carbonyl (C=O) groups is 1. The molecule has 1 aromatic carbocycles. The summed E-state index contributed by atoms with van der Waals surface area (Å²) in [6, 6.07) is 8.17. The van der Waals surface area contributed by atoms with Crippen LogP contribution in [0, 0.1) is 6.92 Å². The Hall–Kier alpha value is -1.39. The molecule has 0 N–H and O–H groups in total.